The molecule has 4 atom stereocenters. The van der Waals surface area contributed by atoms with Crippen LogP contribution in [0.2, 0.25) is 0 Å². The van der Waals surface area contributed by atoms with E-state index in [0.717, 1.165) is 29.2 Å². The summed E-state index contributed by atoms with van der Waals surface area (Å²) < 4.78 is 14.5. The van der Waals surface area contributed by atoms with Crippen molar-refractivity contribution in [2.24, 2.45) is 17.8 Å². The molecule has 202 valence electrons. The third-order valence-corrected chi connectivity index (χ3v) is 8.72. The van der Waals surface area contributed by atoms with Gasteiger partial charge in [0.2, 0.25) is 11.8 Å². The van der Waals surface area contributed by atoms with Crippen molar-refractivity contribution in [2.75, 3.05) is 4.90 Å². The largest absolute Gasteiger partial charge is 0.507 e. The zero-order valence-electron chi connectivity index (χ0n) is 20.4. The van der Waals surface area contributed by atoms with Gasteiger partial charge in [-0.3, -0.25) is 19.2 Å². The van der Waals surface area contributed by atoms with Crippen LogP contribution in [-0.2, 0) is 19.2 Å². The molecule has 1 heterocycles. The number of ketones is 2. The SMILES string of the molecule is O=C1C=C(Br)C(=O)C2=C1C(c1cccc(F)c1O)C1=CCC3C(=O)N(c4ccc(C(=O)O)c(O)c4)C(=O)C3C1C2. The Labute approximate surface area is 234 Å². The number of hydrogen-bond acceptors (Lipinski definition) is 7. The first-order valence-electron chi connectivity index (χ1n) is 12.3. The minimum atomic E-state index is -1.38. The van der Waals surface area contributed by atoms with Crippen LogP contribution >= 0.6 is 15.9 Å². The molecule has 4 aliphatic rings. The Morgan fingerprint density at radius 3 is 2.48 bits per heavy atom. The Hall–Kier alpha value is -4.38. The number of aromatic hydroxyl groups is 2. The summed E-state index contributed by atoms with van der Waals surface area (Å²) in [6, 6.07) is 7.27. The monoisotopic (exact) mass is 607 g/mol. The molecule has 0 saturated carbocycles. The number of carboxylic acids is 1. The van der Waals surface area contributed by atoms with Crippen LogP contribution in [0.1, 0.15) is 34.7 Å². The zero-order valence-corrected chi connectivity index (χ0v) is 22.0. The number of Topliss-reactive ketones (excluding diaryl/α,β-unsaturated/α-hetero) is 1. The van der Waals surface area contributed by atoms with E-state index in [9.17, 15) is 43.7 Å². The number of phenolic OH excluding ortho intramolecular Hbond substituents is 1. The summed E-state index contributed by atoms with van der Waals surface area (Å²) in [6.45, 7) is 0. The van der Waals surface area contributed by atoms with Crippen molar-refractivity contribution in [2.45, 2.75) is 18.8 Å². The quantitative estimate of drug-likeness (QED) is 0.270. The van der Waals surface area contributed by atoms with E-state index in [1.807, 2.05) is 0 Å². The molecule has 1 saturated heterocycles. The Morgan fingerprint density at radius 2 is 1.77 bits per heavy atom. The number of allylic oxidation sites excluding steroid dienone is 6. The first-order valence-corrected chi connectivity index (χ1v) is 13.1. The maximum Gasteiger partial charge on any atom is 0.339 e. The van der Waals surface area contributed by atoms with E-state index in [-0.39, 0.29) is 39.7 Å². The van der Waals surface area contributed by atoms with Crippen LogP contribution in [0, 0.1) is 23.6 Å². The molecule has 0 spiro atoms. The van der Waals surface area contributed by atoms with Crippen molar-refractivity contribution < 1.29 is 43.7 Å². The molecule has 6 rings (SSSR count). The number of aromatic carboxylic acids is 1. The summed E-state index contributed by atoms with van der Waals surface area (Å²) in [6.07, 6.45) is 2.93. The first kappa shape index (κ1) is 25.9. The number of fused-ring (bicyclic) bond motifs is 3. The molecule has 3 N–H and O–H groups in total. The fourth-order valence-electron chi connectivity index (χ4n) is 6.42. The second-order valence-corrected chi connectivity index (χ2v) is 10.9. The van der Waals surface area contributed by atoms with E-state index >= 15 is 0 Å². The smallest absolute Gasteiger partial charge is 0.339 e. The molecule has 11 heteroatoms. The molecule has 9 nitrogen and oxygen atoms in total. The lowest BCUT2D eigenvalue weighted by molar-refractivity contribution is -0.123. The highest BCUT2D eigenvalue weighted by molar-refractivity contribution is 9.12. The van der Waals surface area contributed by atoms with E-state index in [2.05, 4.69) is 15.9 Å². The maximum absolute atomic E-state index is 14.5. The average Bonchev–Trinajstić information content (AvgIpc) is 3.17. The number of benzene rings is 2. The van der Waals surface area contributed by atoms with Crippen molar-refractivity contribution >= 4 is 51.0 Å². The maximum atomic E-state index is 14.5. The Morgan fingerprint density at radius 1 is 1.02 bits per heavy atom. The molecule has 2 aromatic rings. The standard InChI is InChI=1S/C29H19BrFNO8/c30-18-10-21(34)24-17(25(18)35)9-16-12(22(24)14-2-1-3-19(31)26(14)36)6-7-15-23(16)28(38)32(27(15)37)11-4-5-13(29(39)40)20(33)8-11/h1-6,8,10,15-16,22-23,33,36H,7,9H2,(H,39,40). The summed E-state index contributed by atoms with van der Waals surface area (Å²) in [5, 5.41) is 30.0. The van der Waals surface area contributed by atoms with Gasteiger partial charge < -0.3 is 15.3 Å². The molecule has 1 fully saturated rings. The van der Waals surface area contributed by atoms with Gasteiger partial charge in [-0.2, -0.15) is 0 Å². The molecule has 2 amide bonds. The van der Waals surface area contributed by atoms with Crippen LogP contribution in [-0.4, -0.2) is 44.7 Å². The van der Waals surface area contributed by atoms with Crippen molar-refractivity contribution in [1.82, 2.24) is 0 Å². The van der Waals surface area contributed by atoms with E-state index in [1.54, 1.807) is 6.08 Å². The van der Waals surface area contributed by atoms with Crippen molar-refractivity contribution in [1.29, 1.82) is 0 Å². The molecule has 40 heavy (non-hydrogen) atoms. The van der Waals surface area contributed by atoms with Gasteiger partial charge in [0, 0.05) is 34.8 Å². The normalized spacial score (nSPS) is 25.8. The van der Waals surface area contributed by atoms with Crippen molar-refractivity contribution in [3.63, 3.8) is 0 Å². The molecule has 2 aromatic carbocycles. The number of nitrogens with zero attached hydrogens (tertiary/aromatic N) is 1. The van der Waals surface area contributed by atoms with Gasteiger partial charge >= 0.3 is 5.97 Å². The number of amides is 2. The number of anilines is 1. The summed E-state index contributed by atoms with van der Waals surface area (Å²) >= 11 is 3.12. The number of para-hydroxylation sites is 1. The predicted molar refractivity (Wildman–Crippen MR) is 140 cm³/mol. The number of imide groups is 1. The number of carboxylic acid groups (broad SMARTS) is 1. The van der Waals surface area contributed by atoms with Crippen LogP contribution in [0.5, 0.6) is 11.5 Å². The number of rotatable bonds is 3. The minimum Gasteiger partial charge on any atom is -0.507 e. The highest BCUT2D eigenvalue weighted by Crippen LogP contribution is 2.56. The van der Waals surface area contributed by atoms with Crippen molar-refractivity contribution in [3.05, 3.63) is 86.7 Å². The fraction of sp³-hybridized carbons (Fsp3) is 0.207. The lowest BCUT2D eigenvalue weighted by atomic mass is 9.59. The Balaban J connectivity index is 1.48. The Kier molecular flexibility index (Phi) is 5.88. The van der Waals surface area contributed by atoms with Gasteiger partial charge in [0.15, 0.2) is 23.1 Å². The van der Waals surface area contributed by atoms with E-state index in [4.69, 9.17) is 0 Å². The molecule has 1 aliphatic heterocycles. The average molecular weight is 608 g/mol. The van der Waals surface area contributed by atoms with Crippen LogP contribution in [0.4, 0.5) is 10.1 Å². The molecular formula is C29H19BrFNO8. The molecule has 4 unspecified atom stereocenters. The number of carbonyl (C=O) groups is 5. The molecule has 0 aromatic heterocycles. The first-order chi connectivity index (χ1) is 19.0. The number of carbonyl (C=O) groups excluding carboxylic acids is 4. The van der Waals surface area contributed by atoms with Gasteiger partial charge in [0.1, 0.15) is 11.3 Å². The second-order valence-electron chi connectivity index (χ2n) is 10.1. The predicted octanol–water partition coefficient (Wildman–Crippen LogP) is 3.90. The lowest BCUT2D eigenvalue weighted by Gasteiger charge is -2.42. The highest BCUT2D eigenvalue weighted by atomic mass is 79.9. The molecule has 0 bridgehead atoms. The van der Waals surface area contributed by atoms with Gasteiger partial charge in [-0.05, 0) is 52.9 Å². The summed E-state index contributed by atoms with van der Waals surface area (Å²) in [5.74, 6) is -9.22. The Bertz CT molecular complexity index is 1690. The summed E-state index contributed by atoms with van der Waals surface area (Å²) in [5.41, 5.74) is 0.416. The number of halogens is 2. The van der Waals surface area contributed by atoms with Crippen molar-refractivity contribution in [3.8, 4) is 11.5 Å². The van der Waals surface area contributed by atoms with Crippen LogP contribution in [0.25, 0.3) is 0 Å². The van der Waals surface area contributed by atoms with Crippen LogP contribution in [0.3, 0.4) is 0 Å². The van der Waals surface area contributed by atoms with Gasteiger partial charge in [0.25, 0.3) is 0 Å². The second kappa shape index (κ2) is 9.09. The third-order valence-electron chi connectivity index (χ3n) is 8.13. The minimum absolute atomic E-state index is 0.00177. The van der Waals surface area contributed by atoms with E-state index in [1.165, 1.54) is 18.2 Å². The topological polar surface area (TPSA) is 149 Å². The zero-order chi connectivity index (χ0) is 28.6. The molecular weight excluding hydrogens is 589 g/mol. The van der Waals surface area contributed by atoms with Gasteiger partial charge in [-0.25, -0.2) is 14.1 Å². The van der Waals surface area contributed by atoms with Gasteiger partial charge in [-0.1, -0.05) is 23.8 Å². The number of hydrogen-bond donors (Lipinski definition) is 3. The molecule has 3 aliphatic carbocycles. The van der Waals surface area contributed by atoms with E-state index in [0.29, 0.717) is 5.57 Å². The number of phenols is 2. The summed E-state index contributed by atoms with van der Waals surface area (Å²) in [4.78, 5) is 66.0. The van der Waals surface area contributed by atoms with Gasteiger partial charge in [-0.15, -0.1) is 0 Å². The third kappa shape index (κ3) is 3.60. The van der Waals surface area contributed by atoms with Crippen LogP contribution < -0.4 is 4.90 Å². The lowest BCUT2D eigenvalue weighted by Crippen LogP contribution is -2.39. The molecule has 0 radical (unpaired) electrons. The van der Waals surface area contributed by atoms with Gasteiger partial charge in [0.05, 0.1) is 22.0 Å². The highest BCUT2D eigenvalue weighted by Gasteiger charge is 2.57. The van der Waals surface area contributed by atoms with Crippen LogP contribution in [0.15, 0.2) is 69.8 Å². The summed E-state index contributed by atoms with van der Waals surface area (Å²) in [7, 11) is 0. The van der Waals surface area contributed by atoms with E-state index < -0.39 is 75.9 Å². The fourth-order valence-corrected chi connectivity index (χ4v) is 6.87.